The quantitative estimate of drug-likeness (QED) is 0.728. The van der Waals surface area contributed by atoms with Gasteiger partial charge in [-0.05, 0) is 53.6 Å². The van der Waals surface area contributed by atoms with Crippen molar-refractivity contribution >= 4 is 5.91 Å². The van der Waals surface area contributed by atoms with Gasteiger partial charge in [0.2, 0.25) is 0 Å². The van der Waals surface area contributed by atoms with E-state index in [-0.39, 0.29) is 11.8 Å². The molecule has 0 bridgehead atoms. The highest BCUT2D eigenvalue weighted by Gasteiger charge is 2.29. The fourth-order valence-electron chi connectivity index (χ4n) is 3.38. The lowest BCUT2D eigenvalue weighted by Crippen LogP contribution is -2.39. The van der Waals surface area contributed by atoms with E-state index >= 15 is 0 Å². The van der Waals surface area contributed by atoms with E-state index < -0.39 is 5.82 Å². The lowest BCUT2D eigenvalue weighted by molar-refractivity contribution is 0.0703. The number of piperidine rings is 1. The zero-order chi connectivity index (χ0) is 17.9. The number of amides is 1. The lowest BCUT2D eigenvalue weighted by atomic mass is 9.96. The van der Waals surface area contributed by atoms with Gasteiger partial charge in [0.1, 0.15) is 5.82 Å². The summed E-state index contributed by atoms with van der Waals surface area (Å²) in [7, 11) is 0. The molecule has 0 aliphatic carbocycles. The van der Waals surface area contributed by atoms with Gasteiger partial charge in [0.15, 0.2) is 5.82 Å². The highest BCUT2D eigenvalue weighted by atomic mass is 19.1. The zero-order valence-corrected chi connectivity index (χ0v) is 14.1. The van der Waals surface area contributed by atoms with Crippen LogP contribution in [0.25, 0.3) is 5.69 Å². The number of rotatable bonds is 3. The summed E-state index contributed by atoms with van der Waals surface area (Å²) < 4.78 is 15.2. The highest BCUT2D eigenvalue weighted by Crippen LogP contribution is 2.27. The van der Waals surface area contributed by atoms with Crippen molar-refractivity contribution in [2.24, 2.45) is 0 Å². The van der Waals surface area contributed by atoms with Crippen LogP contribution >= 0.6 is 0 Å². The van der Waals surface area contributed by atoms with Crippen LogP contribution in [0.2, 0.25) is 0 Å². The number of tetrazole rings is 1. The average Bonchev–Trinajstić information content (AvgIpc) is 3.18. The first-order chi connectivity index (χ1) is 12.7. The zero-order valence-electron chi connectivity index (χ0n) is 14.1. The second kappa shape index (κ2) is 7.03. The van der Waals surface area contributed by atoms with E-state index in [0.29, 0.717) is 18.7 Å². The van der Waals surface area contributed by atoms with Crippen LogP contribution in [0.5, 0.6) is 0 Å². The number of hydrogen-bond acceptors (Lipinski definition) is 4. The Balaban J connectivity index is 1.57. The fourth-order valence-corrected chi connectivity index (χ4v) is 3.38. The van der Waals surface area contributed by atoms with E-state index in [1.165, 1.54) is 12.1 Å². The predicted molar refractivity (Wildman–Crippen MR) is 93.4 cm³/mol. The Morgan fingerprint density at radius 2 is 1.96 bits per heavy atom. The minimum Gasteiger partial charge on any atom is -0.338 e. The molecule has 6 nitrogen and oxygen atoms in total. The van der Waals surface area contributed by atoms with Crippen molar-refractivity contribution in [2.45, 2.75) is 18.8 Å². The van der Waals surface area contributed by atoms with Crippen molar-refractivity contribution in [3.63, 3.8) is 0 Å². The molecule has 2 heterocycles. The SMILES string of the molecule is O=C(c1cccc(F)c1)N1CCCC(c2nnnn2-c2ccccc2)C1. The number of carbonyl (C=O) groups excluding carboxylic acids is 1. The molecule has 1 fully saturated rings. The van der Waals surface area contributed by atoms with Gasteiger partial charge >= 0.3 is 0 Å². The number of carbonyl (C=O) groups is 1. The van der Waals surface area contributed by atoms with E-state index in [1.807, 2.05) is 30.3 Å². The predicted octanol–water partition coefficient (Wildman–Crippen LogP) is 2.82. The maximum atomic E-state index is 13.4. The Labute approximate surface area is 150 Å². The largest absolute Gasteiger partial charge is 0.338 e. The van der Waals surface area contributed by atoms with Gasteiger partial charge in [-0.15, -0.1) is 5.10 Å². The van der Waals surface area contributed by atoms with Crippen molar-refractivity contribution < 1.29 is 9.18 Å². The van der Waals surface area contributed by atoms with Crippen LogP contribution in [-0.4, -0.2) is 44.1 Å². The molecule has 3 aromatic rings. The number of nitrogens with zero attached hydrogens (tertiary/aromatic N) is 5. The smallest absolute Gasteiger partial charge is 0.253 e. The Morgan fingerprint density at radius 1 is 1.12 bits per heavy atom. The normalized spacial score (nSPS) is 17.3. The molecule has 132 valence electrons. The summed E-state index contributed by atoms with van der Waals surface area (Å²) in [6, 6.07) is 15.5. The van der Waals surface area contributed by atoms with Crippen LogP contribution < -0.4 is 0 Å². The molecule has 4 rings (SSSR count). The first-order valence-corrected chi connectivity index (χ1v) is 8.61. The molecule has 0 radical (unpaired) electrons. The topological polar surface area (TPSA) is 63.9 Å². The number of aromatic nitrogens is 4. The second-order valence-electron chi connectivity index (χ2n) is 6.39. The lowest BCUT2D eigenvalue weighted by Gasteiger charge is -2.32. The molecule has 1 amide bonds. The molecular formula is C19H18FN5O. The van der Waals surface area contributed by atoms with Crippen molar-refractivity contribution in [2.75, 3.05) is 13.1 Å². The average molecular weight is 351 g/mol. The molecule has 1 saturated heterocycles. The Morgan fingerprint density at radius 3 is 2.77 bits per heavy atom. The van der Waals surface area contributed by atoms with Crippen LogP contribution in [0, 0.1) is 5.82 Å². The van der Waals surface area contributed by atoms with Gasteiger partial charge < -0.3 is 4.90 Å². The maximum absolute atomic E-state index is 13.4. The molecule has 0 saturated carbocycles. The molecule has 26 heavy (non-hydrogen) atoms. The summed E-state index contributed by atoms with van der Waals surface area (Å²) >= 11 is 0. The Hall–Kier alpha value is -3.09. The van der Waals surface area contributed by atoms with Crippen LogP contribution in [0.1, 0.15) is 34.9 Å². The van der Waals surface area contributed by atoms with Crippen LogP contribution in [0.4, 0.5) is 4.39 Å². The number of benzene rings is 2. The molecule has 1 aliphatic rings. The van der Waals surface area contributed by atoms with E-state index in [0.717, 1.165) is 24.4 Å². The maximum Gasteiger partial charge on any atom is 0.253 e. The standard InChI is InChI=1S/C19H18FN5O/c20-16-8-4-6-14(12-16)19(26)24-11-5-7-15(13-24)18-21-22-23-25(18)17-9-2-1-3-10-17/h1-4,6,8-10,12,15H,5,7,11,13H2. The summed E-state index contributed by atoms with van der Waals surface area (Å²) in [6.07, 6.45) is 1.76. The van der Waals surface area contributed by atoms with Gasteiger partial charge in [0.05, 0.1) is 5.69 Å². The number of halogens is 1. The third kappa shape index (κ3) is 3.20. The van der Waals surface area contributed by atoms with Gasteiger partial charge in [0, 0.05) is 24.6 Å². The van der Waals surface area contributed by atoms with Crippen LogP contribution in [0.15, 0.2) is 54.6 Å². The van der Waals surface area contributed by atoms with Gasteiger partial charge in [-0.2, -0.15) is 4.68 Å². The summed E-state index contributed by atoms with van der Waals surface area (Å²) in [5.74, 6) is 0.217. The van der Waals surface area contributed by atoms with E-state index in [1.54, 1.807) is 21.7 Å². The first-order valence-electron chi connectivity index (χ1n) is 8.61. The Kier molecular flexibility index (Phi) is 4.43. The summed E-state index contributed by atoms with van der Waals surface area (Å²) in [5, 5.41) is 12.1. The number of hydrogen-bond donors (Lipinski definition) is 0. The van der Waals surface area contributed by atoms with Crippen molar-refractivity contribution in [1.29, 1.82) is 0 Å². The monoisotopic (exact) mass is 351 g/mol. The van der Waals surface area contributed by atoms with Crippen LogP contribution in [-0.2, 0) is 0 Å². The summed E-state index contributed by atoms with van der Waals surface area (Å²) in [5.41, 5.74) is 1.26. The molecule has 1 aromatic heterocycles. The molecule has 2 aromatic carbocycles. The molecule has 1 unspecified atom stereocenters. The van der Waals surface area contributed by atoms with E-state index in [4.69, 9.17) is 0 Å². The molecule has 1 aliphatic heterocycles. The van der Waals surface area contributed by atoms with Crippen molar-refractivity contribution in [3.05, 3.63) is 71.8 Å². The van der Waals surface area contributed by atoms with Gasteiger partial charge in [0.25, 0.3) is 5.91 Å². The minimum absolute atomic E-state index is 0.0384. The summed E-state index contributed by atoms with van der Waals surface area (Å²) in [4.78, 5) is 14.5. The second-order valence-corrected chi connectivity index (χ2v) is 6.39. The molecule has 0 N–H and O–H groups in total. The molecule has 7 heteroatoms. The third-order valence-corrected chi connectivity index (χ3v) is 4.64. The van der Waals surface area contributed by atoms with E-state index in [2.05, 4.69) is 15.5 Å². The Bertz CT molecular complexity index is 911. The first kappa shape index (κ1) is 16.4. The fraction of sp³-hybridized carbons (Fsp3) is 0.263. The number of para-hydroxylation sites is 1. The molecule has 1 atom stereocenters. The van der Waals surface area contributed by atoms with Gasteiger partial charge in [-0.25, -0.2) is 4.39 Å². The highest BCUT2D eigenvalue weighted by molar-refractivity contribution is 5.94. The number of likely N-dealkylation sites (tertiary alicyclic amines) is 1. The van der Waals surface area contributed by atoms with Crippen molar-refractivity contribution in [1.82, 2.24) is 25.1 Å². The van der Waals surface area contributed by atoms with Crippen LogP contribution in [0.3, 0.4) is 0 Å². The van der Waals surface area contributed by atoms with Gasteiger partial charge in [-0.1, -0.05) is 24.3 Å². The van der Waals surface area contributed by atoms with Crippen molar-refractivity contribution in [3.8, 4) is 5.69 Å². The summed E-state index contributed by atoms with van der Waals surface area (Å²) in [6.45, 7) is 1.17. The van der Waals surface area contributed by atoms with E-state index in [9.17, 15) is 9.18 Å². The van der Waals surface area contributed by atoms with Gasteiger partial charge in [-0.3, -0.25) is 4.79 Å². The minimum atomic E-state index is -0.405. The molecule has 0 spiro atoms. The molecular weight excluding hydrogens is 333 g/mol. The third-order valence-electron chi connectivity index (χ3n) is 4.64.